The lowest BCUT2D eigenvalue weighted by Gasteiger charge is -2.04. The SMILES string of the molecule is c1nc([C@@H]2CCCN2)[nH]c1-c1ccc(-c2ccc(-c3cnc([C@@H]4CCCN4)[nH]3)o2)o1. The summed E-state index contributed by atoms with van der Waals surface area (Å²) >= 11 is 0. The minimum atomic E-state index is 0.305. The first-order valence-corrected chi connectivity index (χ1v) is 10.6. The van der Waals surface area contributed by atoms with Gasteiger partial charge >= 0.3 is 0 Å². The summed E-state index contributed by atoms with van der Waals surface area (Å²) in [6.07, 6.45) is 8.24. The lowest BCUT2D eigenvalue weighted by molar-refractivity contribution is 0.536. The maximum Gasteiger partial charge on any atom is 0.170 e. The Morgan fingerprint density at radius 3 is 1.57 bits per heavy atom. The number of H-pyrrole nitrogens is 2. The minimum Gasteiger partial charge on any atom is -0.451 e. The molecule has 30 heavy (non-hydrogen) atoms. The van der Waals surface area contributed by atoms with Crippen LogP contribution in [0, 0.1) is 0 Å². The fourth-order valence-electron chi connectivity index (χ4n) is 4.34. The van der Waals surface area contributed by atoms with Crippen LogP contribution in [0.1, 0.15) is 49.4 Å². The third kappa shape index (κ3) is 3.18. The summed E-state index contributed by atoms with van der Waals surface area (Å²) in [7, 11) is 0. The number of furan rings is 2. The van der Waals surface area contributed by atoms with Crippen LogP contribution >= 0.6 is 0 Å². The van der Waals surface area contributed by atoms with Gasteiger partial charge in [-0.1, -0.05) is 0 Å². The van der Waals surface area contributed by atoms with Crippen molar-refractivity contribution in [3.05, 3.63) is 48.3 Å². The van der Waals surface area contributed by atoms with E-state index in [1.54, 1.807) is 0 Å². The van der Waals surface area contributed by atoms with Crippen molar-refractivity contribution in [1.29, 1.82) is 0 Å². The second-order valence-electron chi connectivity index (χ2n) is 7.99. The Morgan fingerprint density at radius 1 is 0.667 bits per heavy atom. The number of aromatic nitrogens is 4. The monoisotopic (exact) mass is 404 g/mol. The molecule has 2 atom stereocenters. The first kappa shape index (κ1) is 17.7. The van der Waals surface area contributed by atoms with Gasteiger partial charge in [-0.3, -0.25) is 0 Å². The van der Waals surface area contributed by atoms with Crippen molar-refractivity contribution in [3.8, 4) is 34.4 Å². The molecule has 0 spiro atoms. The quantitative estimate of drug-likeness (QED) is 0.398. The number of hydrogen-bond donors (Lipinski definition) is 4. The van der Waals surface area contributed by atoms with Crippen LogP contribution in [-0.2, 0) is 0 Å². The van der Waals surface area contributed by atoms with Gasteiger partial charge in [0.1, 0.15) is 23.0 Å². The Morgan fingerprint density at radius 2 is 1.13 bits per heavy atom. The van der Waals surface area contributed by atoms with Gasteiger partial charge in [-0.15, -0.1) is 0 Å². The molecule has 6 rings (SSSR count). The summed E-state index contributed by atoms with van der Waals surface area (Å²) in [4.78, 5) is 15.8. The average molecular weight is 404 g/mol. The molecular formula is C22H24N6O2. The Balaban J connectivity index is 1.21. The molecule has 6 heterocycles. The van der Waals surface area contributed by atoms with Crippen LogP contribution < -0.4 is 10.6 Å². The van der Waals surface area contributed by atoms with Crippen LogP contribution in [0.25, 0.3) is 34.4 Å². The summed E-state index contributed by atoms with van der Waals surface area (Å²) in [6, 6.07) is 8.34. The minimum absolute atomic E-state index is 0.305. The van der Waals surface area contributed by atoms with Crippen molar-refractivity contribution >= 4 is 0 Å². The van der Waals surface area contributed by atoms with Gasteiger partial charge in [-0.2, -0.15) is 0 Å². The van der Waals surface area contributed by atoms with Gasteiger partial charge in [-0.25, -0.2) is 9.97 Å². The molecule has 4 aromatic heterocycles. The molecule has 0 unspecified atom stereocenters. The molecule has 0 amide bonds. The van der Waals surface area contributed by atoms with E-state index in [0.29, 0.717) is 23.6 Å². The van der Waals surface area contributed by atoms with E-state index in [4.69, 9.17) is 8.83 Å². The highest BCUT2D eigenvalue weighted by Crippen LogP contribution is 2.33. The zero-order valence-corrected chi connectivity index (χ0v) is 16.6. The predicted molar refractivity (Wildman–Crippen MR) is 112 cm³/mol. The molecule has 4 N–H and O–H groups in total. The van der Waals surface area contributed by atoms with E-state index < -0.39 is 0 Å². The molecule has 0 aromatic carbocycles. The van der Waals surface area contributed by atoms with Crippen molar-refractivity contribution in [2.45, 2.75) is 37.8 Å². The predicted octanol–water partition coefficient (Wildman–Crippen LogP) is 4.17. The third-order valence-electron chi connectivity index (χ3n) is 5.96. The molecule has 154 valence electrons. The first-order valence-electron chi connectivity index (χ1n) is 10.6. The number of hydrogen-bond acceptors (Lipinski definition) is 6. The Kier molecular flexibility index (Phi) is 4.32. The molecule has 0 saturated carbocycles. The van der Waals surface area contributed by atoms with E-state index in [2.05, 4.69) is 30.6 Å². The molecule has 2 aliphatic rings. The van der Waals surface area contributed by atoms with Crippen molar-refractivity contribution in [2.24, 2.45) is 0 Å². The summed E-state index contributed by atoms with van der Waals surface area (Å²) < 4.78 is 12.1. The van der Waals surface area contributed by atoms with Gasteiger partial charge in [0.05, 0.1) is 24.5 Å². The molecular weight excluding hydrogens is 380 g/mol. The molecule has 8 heteroatoms. The summed E-state index contributed by atoms with van der Waals surface area (Å²) in [5.74, 6) is 4.79. The highest BCUT2D eigenvalue weighted by Gasteiger charge is 2.22. The molecule has 4 aromatic rings. The summed E-state index contributed by atoms with van der Waals surface area (Å²) in [6.45, 7) is 2.09. The fourth-order valence-corrected chi connectivity index (χ4v) is 4.34. The number of rotatable bonds is 5. The van der Waals surface area contributed by atoms with Crippen LogP contribution in [0.15, 0.2) is 45.5 Å². The maximum atomic E-state index is 6.05. The number of aromatic amines is 2. The highest BCUT2D eigenvalue weighted by molar-refractivity contribution is 5.62. The van der Waals surface area contributed by atoms with E-state index >= 15 is 0 Å². The van der Waals surface area contributed by atoms with Crippen LogP contribution in [-0.4, -0.2) is 33.0 Å². The van der Waals surface area contributed by atoms with Crippen molar-refractivity contribution in [1.82, 2.24) is 30.6 Å². The zero-order valence-electron chi connectivity index (χ0n) is 16.6. The first-order chi connectivity index (χ1) is 14.8. The van der Waals surface area contributed by atoms with Gasteiger partial charge in [0, 0.05) is 0 Å². The molecule has 0 aliphatic carbocycles. The molecule has 8 nitrogen and oxygen atoms in total. The van der Waals surface area contributed by atoms with Crippen LogP contribution in [0.3, 0.4) is 0 Å². The lowest BCUT2D eigenvalue weighted by Crippen LogP contribution is -2.14. The second kappa shape index (κ2) is 7.30. The Labute approximate surface area is 173 Å². The number of imidazole rings is 2. The topological polar surface area (TPSA) is 108 Å². The lowest BCUT2D eigenvalue weighted by atomic mass is 10.2. The van der Waals surface area contributed by atoms with Crippen molar-refractivity contribution in [3.63, 3.8) is 0 Å². The van der Waals surface area contributed by atoms with Gasteiger partial charge < -0.3 is 29.4 Å². The number of nitrogens with zero attached hydrogens (tertiary/aromatic N) is 2. The molecule has 0 bridgehead atoms. The highest BCUT2D eigenvalue weighted by atomic mass is 16.4. The van der Waals surface area contributed by atoms with E-state index in [1.165, 1.54) is 12.8 Å². The van der Waals surface area contributed by atoms with E-state index in [1.807, 2.05) is 36.7 Å². The summed E-state index contributed by atoms with van der Waals surface area (Å²) in [5, 5.41) is 6.91. The smallest absolute Gasteiger partial charge is 0.170 e. The maximum absolute atomic E-state index is 6.05. The average Bonchev–Trinajstić information content (AvgIpc) is 3.62. The van der Waals surface area contributed by atoms with E-state index in [9.17, 15) is 0 Å². The summed E-state index contributed by atoms with van der Waals surface area (Å²) in [5.41, 5.74) is 1.75. The van der Waals surface area contributed by atoms with E-state index in [0.717, 1.165) is 60.5 Å². The van der Waals surface area contributed by atoms with Gasteiger partial charge in [0.15, 0.2) is 23.0 Å². The fraction of sp³-hybridized carbons (Fsp3) is 0.364. The third-order valence-corrected chi connectivity index (χ3v) is 5.96. The molecule has 2 saturated heterocycles. The van der Waals surface area contributed by atoms with Crippen LogP contribution in [0.5, 0.6) is 0 Å². The largest absolute Gasteiger partial charge is 0.451 e. The van der Waals surface area contributed by atoms with Crippen molar-refractivity contribution in [2.75, 3.05) is 13.1 Å². The molecule has 0 radical (unpaired) electrons. The van der Waals surface area contributed by atoms with Gasteiger partial charge in [0.25, 0.3) is 0 Å². The Bertz CT molecular complexity index is 1050. The van der Waals surface area contributed by atoms with E-state index in [-0.39, 0.29) is 0 Å². The molecule has 2 fully saturated rings. The second-order valence-corrected chi connectivity index (χ2v) is 7.99. The normalized spacial score (nSPS) is 21.6. The standard InChI is InChI=1S/C22H24N6O2/c1-3-13(23-9-1)21-25-11-15(27-21)17-5-7-19(29-17)20-8-6-18(30-20)16-12-26-22(28-16)14-4-2-10-24-14/h5-8,11-14,23-24H,1-4,9-10H2,(H,25,27)(H,26,28)/t13-,14-/m0/s1. The molecule has 2 aliphatic heterocycles. The van der Waals surface area contributed by atoms with Crippen LogP contribution in [0.2, 0.25) is 0 Å². The zero-order chi connectivity index (χ0) is 19.9. The van der Waals surface area contributed by atoms with Crippen LogP contribution in [0.4, 0.5) is 0 Å². The van der Waals surface area contributed by atoms with Crippen molar-refractivity contribution < 1.29 is 8.83 Å². The van der Waals surface area contributed by atoms with Gasteiger partial charge in [-0.05, 0) is 63.0 Å². The van der Waals surface area contributed by atoms with Gasteiger partial charge in [0.2, 0.25) is 0 Å². The number of nitrogens with one attached hydrogen (secondary N) is 4. The Hall–Kier alpha value is -3.10.